The first-order valence-corrected chi connectivity index (χ1v) is 10.3. The number of aromatic nitrogens is 1. The third kappa shape index (κ3) is 4.84. The van der Waals surface area contributed by atoms with Crippen molar-refractivity contribution in [2.24, 2.45) is 0 Å². The van der Waals surface area contributed by atoms with Gasteiger partial charge in [0.1, 0.15) is 17.7 Å². The van der Waals surface area contributed by atoms with Crippen LogP contribution in [0, 0.1) is 10.1 Å². The van der Waals surface area contributed by atoms with E-state index in [2.05, 4.69) is 15.0 Å². The lowest BCUT2D eigenvalue weighted by Gasteiger charge is -2.12. The Morgan fingerprint density at radius 1 is 1.19 bits per heavy atom. The topological polar surface area (TPSA) is 163 Å². The third-order valence-electron chi connectivity index (χ3n) is 4.99. The number of hydrogen-bond acceptors (Lipinski definition) is 10. The minimum absolute atomic E-state index is 0.0468. The molecule has 1 aliphatic heterocycles. The average molecular weight is 494 g/mol. The normalized spacial score (nSPS) is 14.1. The number of para-hydroxylation sites is 1. The summed E-state index contributed by atoms with van der Waals surface area (Å²) in [5, 5.41) is 13.4. The summed E-state index contributed by atoms with van der Waals surface area (Å²) in [6.07, 6.45) is 2.44. The number of nitrogens with zero attached hydrogens (tertiary/aromatic N) is 3. The maximum atomic E-state index is 12.9. The Bertz CT molecular complexity index is 1380. The van der Waals surface area contributed by atoms with E-state index in [0.29, 0.717) is 11.3 Å². The standard InChI is InChI=1S/C23H18N4O9/c1-33-17-5-3-4-13(20(17)36-19-9-6-14(11-24-19)27(31)32)10-16-21(28)26(23(30)25-16)12-15-7-8-18(35-15)22(29)34-2/h3-11H,12H2,1-2H3,(H,25,30)/b16-10-. The van der Waals surface area contributed by atoms with Crippen molar-refractivity contribution in [2.45, 2.75) is 6.54 Å². The van der Waals surface area contributed by atoms with Gasteiger partial charge in [-0.15, -0.1) is 0 Å². The lowest BCUT2D eigenvalue weighted by atomic mass is 10.1. The van der Waals surface area contributed by atoms with E-state index in [4.69, 9.17) is 13.9 Å². The monoisotopic (exact) mass is 494 g/mol. The molecular weight excluding hydrogens is 476 g/mol. The number of urea groups is 1. The minimum atomic E-state index is -0.690. The largest absolute Gasteiger partial charge is 0.493 e. The number of benzene rings is 1. The molecule has 1 aliphatic rings. The second-order valence-electron chi connectivity index (χ2n) is 7.23. The Labute approximate surface area is 203 Å². The summed E-state index contributed by atoms with van der Waals surface area (Å²) < 4.78 is 21.0. The number of ether oxygens (including phenoxy) is 3. The summed E-state index contributed by atoms with van der Waals surface area (Å²) in [7, 11) is 2.62. The second-order valence-corrected chi connectivity index (χ2v) is 7.23. The molecule has 4 rings (SSSR count). The molecule has 1 aromatic carbocycles. The molecule has 0 saturated carbocycles. The lowest BCUT2D eigenvalue weighted by molar-refractivity contribution is -0.385. The summed E-state index contributed by atoms with van der Waals surface area (Å²) in [5.74, 6) is -0.673. The summed E-state index contributed by atoms with van der Waals surface area (Å²) >= 11 is 0. The zero-order valence-corrected chi connectivity index (χ0v) is 18.9. The van der Waals surface area contributed by atoms with Gasteiger partial charge in [-0.05, 0) is 24.3 Å². The van der Waals surface area contributed by atoms with E-state index >= 15 is 0 Å². The van der Waals surface area contributed by atoms with Gasteiger partial charge < -0.3 is 23.9 Å². The highest BCUT2D eigenvalue weighted by atomic mass is 16.6. The highest BCUT2D eigenvalue weighted by Gasteiger charge is 2.34. The van der Waals surface area contributed by atoms with Gasteiger partial charge in [0.15, 0.2) is 11.5 Å². The Balaban J connectivity index is 1.59. The number of esters is 1. The number of hydrogen-bond donors (Lipinski definition) is 1. The minimum Gasteiger partial charge on any atom is -0.493 e. The highest BCUT2D eigenvalue weighted by Crippen LogP contribution is 2.36. The first-order chi connectivity index (χ1) is 17.3. The summed E-state index contributed by atoms with van der Waals surface area (Å²) in [6.45, 7) is -0.215. The van der Waals surface area contributed by atoms with Crippen LogP contribution in [0.2, 0.25) is 0 Å². The fourth-order valence-electron chi connectivity index (χ4n) is 3.26. The van der Waals surface area contributed by atoms with Crippen molar-refractivity contribution in [1.82, 2.24) is 15.2 Å². The van der Waals surface area contributed by atoms with Gasteiger partial charge in [-0.3, -0.25) is 19.8 Å². The molecule has 1 N–H and O–H groups in total. The molecule has 3 amide bonds. The van der Waals surface area contributed by atoms with Crippen LogP contribution in [0.1, 0.15) is 21.9 Å². The molecule has 13 nitrogen and oxygen atoms in total. The Morgan fingerprint density at radius 3 is 2.67 bits per heavy atom. The van der Waals surface area contributed by atoms with Crippen LogP contribution in [0.15, 0.2) is 58.8 Å². The predicted octanol–water partition coefficient (Wildman–Crippen LogP) is 3.26. The van der Waals surface area contributed by atoms with Gasteiger partial charge >= 0.3 is 12.0 Å². The van der Waals surface area contributed by atoms with E-state index in [1.54, 1.807) is 18.2 Å². The molecule has 3 aromatic rings. The zero-order valence-electron chi connectivity index (χ0n) is 18.9. The molecule has 0 aliphatic carbocycles. The average Bonchev–Trinajstić information content (AvgIpc) is 3.45. The Hall–Kier alpha value is -5.20. The number of methoxy groups -OCH3 is 2. The van der Waals surface area contributed by atoms with Crippen molar-refractivity contribution in [3.8, 4) is 17.4 Å². The maximum absolute atomic E-state index is 12.9. The number of rotatable bonds is 8. The number of furan rings is 1. The van der Waals surface area contributed by atoms with E-state index < -0.39 is 22.8 Å². The number of carbonyl (C=O) groups is 3. The van der Waals surface area contributed by atoms with Gasteiger partial charge in [0.2, 0.25) is 11.6 Å². The molecule has 0 bridgehead atoms. The van der Waals surface area contributed by atoms with Gasteiger partial charge in [0, 0.05) is 17.7 Å². The smallest absolute Gasteiger partial charge is 0.373 e. The molecule has 36 heavy (non-hydrogen) atoms. The Morgan fingerprint density at radius 2 is 2.00 bits per heavy atom. The third-order valence-corrected chi connectivity index (χ3v) is 4.99. The van der Waals surface area contributed by atoms with Crippen LogP contribution in [0.4, 0.5) is 10.5 Å². The van der Waals surface area contributed by atoms with Crippen LogP contribution in [-0.2, 0) is 16.1 Å². The number of nitro groups is 1. The molecule has 0 spiro atoms. The van der Waals surface area contributed by atoms with Crippen LogP contribution in [-0.4, -0.2) is 46.9 Å². The number of pyridine rings is 1. The van der Waals surface area contributed by atoms with E-state index in [-0.39, 0.29) is 41.1 Å². The summed E-state index contributed by atoms with van der Waals surface area (Å²) in [5.41, 5.74) is 0.111. The summed E-state index contributed by atoms with van der Waals surface area (Å²) in [6, 6.07) is 9.57. The number of carbonyl (C=O) groups excluding carboxylic acids is 3. The van der Waals surface area contributed by atoms with Crippen molar-refractivity contribution in [2.75, 3.05) is 14.2 Å². The van der Waals surface area contributed by atoms with Gasteiger partial charge in [0.05, 0.1) is 25.7 Å². The summed E-state index contributed by atoms with van der Waals surface area (Å²) in [4.78, 5) is 52.1. The SMILES string of the molecule is COC(=O)c1ccc(CN2C(=O)N/C(=C\c3cccc(OC)c3Oc3ccc([N+](=O)[O-])cn3)C2=O)o1. The molecule has 3 heterocycles. The van der Waals surface area contributed by atoms with Gasteiger partial charge in [-0.1, -0.05) is 12.1 Å². The molecule has 0 radical (unpaired) electrons. The van der Waals surface area contributed by atoms with Crippen molar-refractivity contribution < 1.29 is 37.9 Å². The van der Waals surface area contributed by atoms with Crippen LogP contribution in [0.3, 0.4) is 0 Å². The first kappa shape index (κ1) is 23.9. The van der Waals surface area contributed by atoms with Gasteiger partial charge in [0.25, 0.3) is 11.6 Å². The molecule has 2 aromatic heterocycles. The number of imide groups is 1. The molecule has 13 heteroatoms. The number of nitrogens with one attached hydrogen (secondary N) is 1. The molecule has 0 unspecified atom stereocenters. The number of amides is 3. The fourth-order valence-corrected chi connectivity index (χ4v) is 3.26. The highest BCUT2D eigenvalue weighted by molar-refractivity contribution is 6.14. The first-order valence-electron chi connectivity index (χ1n) is 10.3. The lowest BCUT2D eigenvalue weighted by Crippen LogP contribution is -2.30. The quantitative estimate of drug-likeness (QED) is 0.162. The molecule has 1 saturated heterocycles. The van der Waals surface area contributed by atoms with Gasteiger partial charge in [-0.25, -0.2) is 14.6 Å². The molecule has 184 valence electrons. The van der Waals surface area contributed by atoms with E-state index in [0.717, 1.165) is 11.1 Å². The van der Waals surface area contributed by atoms with E-state index in [1.807, 2.05) is 0 Å². The molecule has 0 atom stereocenters. The predicted molar refractivity (Wildman–Crippen MR) is 121 cm³/mol. The second kappa shape index (κ2) is 9.97. The van der Waals surface area contributed by atoms with Crippen LogP contribution >= 0.6 is 0 Å². The maximum Gasteiger partial charge on any atom is 0.373 e. The zero-order chi connectivity index (χ0) is 25.8. The molecular formula is C23H18N4O9. The van der Waals surface area contributed by atoms with Crippen LogP contribution < -0.4 is 14.8 Å². The van der Waals surface area contributed by atoms with Gasteiger partial charge in [-0.2, -0.15) is 0 Å². The van der Waals surface area contributed by atoms with Crippen molar-refractivity contribution in [3.63, 3.8) is 0 Å². The van der Waals surface area contributed by atoms with Crippen LogP contribution in [0.5, 0.6) is 17.4 Å². The van der Waals surface area contributed by atoms with Crippen LogP contribution in [0.25, 0.3) is 6.08 Å². The fraction of sp³-hybridized carbons (Fsp3) is 0.130. The Kier molecular flexibility index (Phi) is 6.63. The van der Waals surface area contributed by atoms with E-state index in [9.17, 15) is 24.5 Å². The van der Waals surface area contributed by atoms with Crippen molar-refractivity contribution in [3.05, 3.63) is 81.6 Å². The van der Waals surface area contributed by atoms with Crippen molar-refractivity contribution in [1.29, 1.82) is 0 Å². The van der Waals surface area contributed by atoms with Crippen molar-refractivity contribution >= 4 is 29.7 Å². The van der Waals surface area contributed by atoms with E-state index in [1.165, 1.54) is 44.6 Å². The molecule has 1 fully saturated rings.